The lowest BCUT2D eigenvalue weighted by Gasteiger charge is -2.12. The molecule has 3 aromatic rings. The van der Waals surface area contributed by atoms with Gasteiger partial charge in [0.05, 0.1) is 11.7 Å². The van der Waals surface area contributed by atoms with Gasteiger partial charge >= 0.3 is 0 Å². The average Bonchev–Trinajstić information content (AvgIpc) is 2.67. The molecule has 0 bridgehead atoms. The fraction of sp³-hybridized carbons (Fsp3) is 0.0500. The Labute approximate surface area is 153 Å². The number of para-hydroxylation sites is 1. The molecular formula is C20H16FN3O3. The molecule has 7 heteroatoms. The molecule has 27 heavy (non-hydrogen) atoms. The predicted octanol–water partition coefficient (Wildman–Crippen LogP) is 2.80. The summed E-state index contributed by atoms with van der Waals surface area (Å²) in [6.07, 6.45) is 2.64. The van der Waals surface area contributed by atoms with Crippen molar-refractivity contribution < 1.29 is 14.3 Å². The highest BCUT2D eigenvalue weighted by Crippen LogP contribution is 2.26. The second kappa shape index (κ2) is 7.65. The van der Waals surface area contributed by atoms with E-state index in [0.717, 1.165) is 6.21 Å². The zero-order chi connectivity index (χ0) is 19.4. The first-order valence-corrected chi connectivity index (χ1v) is 8.08. The van der Waals surface area contributed by atoms with E-state index in [1.807, 2.05) is 0 Å². The molecule has 6 nitrogen and oxygen atoms in total. The van der Waals surface area contributed by atoms with Gasteiger partial charge in [-0.2, -0.15) is 5.10 Å². The highest BCUT2D eigenvalue weighted by molar-refractivity contribution is 6.02. The van der Waals surface area contributed by atoms with E-state index in [-0.39, 0.29) is 12.1 Å². The molecule has 1 heterocycles. The van der Waals surface area contributed by atoms with Crippen molar-refractivity contribution in [3.63, 3.8) is 0 Å². The number of fused-ring (bicyclic) bond motifs is 1. The van der Waals surface area contributed by atoms with Gasteiger partial charge < -0.3 is 9.67 Å². The molecule has 2 N–H and O–H groups in total. The standard InChI is InChI=1S/C20H16FN3O3/c1-2-11-24-16-10-6-4-8-14(16)18(25)17(20(24)27)19(26)23-22-12-13-7-3-5-9-15(13)21/h2-10,12,25H,1,11H2,(H,23,26)/b22-12-. The SMILES string of the molecule is C=CCn1c(=O)c(C(=O)N/N=C\c2ccccc2F)c(O)c2ccccc21. The minimum atomic E-state index is -0.895. The van der Waals surface area contributed by atoms with E-state index in [2.05, 4.69) is 17.1 Å². The molecule has 0 saturated carbocycles. The maximum Gasteiger partial charge on any atom is 0.280 e. The summed E-state index contributed by atoms with van der Waals surface area (Å²) in [5, 5.41) is 14.5. The molecule has 2 aromatic carbocycles. The molecule has 1 amide bonds. The summed E-state index contributed by atoms with van der Waals surface area (Å²) in [5.41, 5.74) is 1.68. The third kappa shape index (κ3) is 3.48. The van der Waals surface area contributed by atoms with Crippen LogP contribution in [0.25, 0.3) is 10.9 Å². The van der Waals surface area contributed by atoms with Crippen LogP contribution < -0.4 is 11.0 Å². The second-order valence-electron chi connectivity index (χ2n) is 5.67. The Kier molecular flexibility index (Phi) is 5.12. The summed E-state index contributed by atoms with van der Waals surface area (Å²) in [6, 6.07) is 12.6. The van der Waals surface area contributed by atoms with Gasteiger partial charge in [-0.25, -0.2) is 9.82 Å². The molecule has 0 spiro atoms. The first-order chi connectivity index (χ1) is 13.0. The molecule has 0 unspecified atom stereocenters. The highest BCUT2D eigenvalue weighted by atomic mass is 19.1. The van der Waals surface area contributed by atoms with E-state index in [0.29, 0.717) is 10.9 Å². The number of pyridine rings is 1. The highest BCUT2D eigenvalue weighted by Gasteiger charge is 2.21. The van der Waals surface area contributed by atoms with Crippen molar-refractivity contribution in [2.45, 2.75) is 6.54 Å². The van der Waals surface area contributed by atoms with Crippen molar-refractivity contribution in [3.8, 4) is 5.75 Å². The first-order valence-electron chi connectivity index (χ1n) is 8.08. The van der Waals surface area contributed by atoms with Gasteiger partial charge in [-0.05, 0) is 18.2 Å². The number of allylic oxidation sites excluding steroid dienone is 1. The van der Waals surface area contributed by atoms with Crippen molar-refractivity contribution in [2.24, 2.45) is 5.10 Å². The van der Waals surface area contributed by atoms with Crippen molar-refractivity contribution in [1.82, 2.24) is 9.99 Å². The number of benzene rings is 2. The quantitative estimate of drug-likeness (QED) is 0.414. The number of amides is 1. The smallest absolute Gasteiger partial charge is 0.280 e. The van der Waals surface area contributed by atoms with Crippen LogP contribution in [0, 0.1) is 5.82 Å². The first kappa shape index (κ1) is 18.1. The Morgan fingerprint density at radius 1 is 1.22 bits per heavy atom. The fourth-order valence-electron chi connectivity index (χ4n) is 2.70. The molecule has 0 aliphatic heterocycles. The van der Waals surface area contributed by atoms with Crippen molar-refractivity contribution in [2.75, 3.05) is 0 Å². The molecule has 0 fully saturated rings. The average molecular weight is 365 g/mol. The zero-order valence-corrected chi connectivity index (χ0v) is 14.2. The monoisotopic (exact) mass is 365 g/mol. The molecule has 0 atom stereocenters. The van der Waals surface area contributed by atoms with Crippen molar-refractivity contribution >= 4 is 23.0 Å². The van der Waals surface area contributed by atoms with Gasteiger partial charge in [0.1, 0.15) is 17.1 Å². The molecule has 3 rings (SSSR count). The number of nitrogens with one attached hydrogen (secondary N) is 1. The van der Waals surface area contributed by atoms with E-state index in [9.17, 15) is 19.1 Å². The maximum atomic E-state index is 13.6. The number of rotatable bonds is 5. The predicted molar refractivity (Wildman–Crippen MR) is 102 cm³/mol. The number of hydrazone groups is 1. The largest absolute Gasteiger partial charge is 0.506 e. The summed E-state index contributed by atoms with van der Waals surface area (Å²) in [5.74, 6) is -1.83. The lowest BCUT2D eigenvalue weighted by atomic mass is 10.1. The number of nitrogens with zero attached hydrogens (tertiary/aromatic N) is 2. The van der Waals surface area contributed by atoms with Gasteiger partial charge in [-0.3, -0.25) is 9.59 Å². The van der Waals surface area contributed by atoms with Crippen LogP contribution in [0.1, 0.15) is 15.9 Å². The third-order valence-corrected chi connectivity index (χ3v) is 3.96. The Hall–Kier alpha value is -3.74. The van der Waals surface area contributed by atoms with E-state index < -0.39 is 28.6 Å². The number of hydrogen-bond donors (Lipinski definition) is 2. The van der Waals surface area contributed by atoms with E-state index >= 15 is 0 Å². The molecular weight excluding hydrogens is 349 g/mol. The van der Waals surface area contributed by atoms with Gasteiger partial charge in [0, 0.05) is 17.5 Å². The number of halogens is 1. The Bertz CT molecular complexity index is 1120. The Balaban J connectivity index is 2.01. The summed E-state index contributed by atoms with van der Waals surface area (Å²) in [4.78, 5) is 25.1. The fourth-order valence-corrected chi connectivity index (χ4v) is 2.70. The summed E-state index contributed by atoms with van der Waals surface area (Å²) < 4.78 is 14.9. The van der Waals surface area contributed by atoms with Gasteiger partial charge in [-0.15, -0.1) is 6.58 Å². The minimum absolute atomic E-state index is 0.165. The van der Waals surface area contributed by atoms with Gasteiger partial charge in [-0.1, -0.05) is 36.4 Å². The number of aromatic hydroxyl groups is 1. The van der Waals surface area contributed by atoms with Crippen LogP contribution in [0.4, 0.5) is 4.39 Å². The van der Waals surface area contributed by atoms with Crippen LogP contribution in [0.5, 0.6) is 5.75 Å². The lowest BCUT2D eigenvalue weighted by Crippen LogP contribution is -2.31. The van der Waals surface area contributed by atoms with Crippen LogP contribution in [-0.2, 0) is 6.54 Å². The summed E-state index contributed by atoms with van der Waals surface area (Å²) in [7, 11) is 0. The molecule has 0 aliphatic rings. The summed E-state index contributed by atoms with van der Waals surface area (Å²) in [6.45, 7) is 3.78. The van der Waals surface area contributed by atoms with Crippen LogP contribution in [0.2, 0.25) is 0 Å². The van der Waals surface area contributed by atoms with Crippen LogP contribution in [0.15, 0.2) is 71.1 Å². The normalized spacial score (nSPS) is 11.0. The molecule has 0 saturated heterocycles. The maximum absolute atomic E-state index is 13.6. The van der Waals surface area contributed by atoms with E-state index in [4.69, 9.17) is 0 Å². The van der Waals surface area contributed by atoms with Gasteiger partial charge in [0.25, 0.3) is 11.5 Å². The topological polar surface area (TPSA) is 83.7 Å². The molecule has 0 radical (unpaired) electrons. The van der Waals surface area contributed by atoms with Gasteiger partial charge in [0.2, 0.25) is 0 Å². The molecule has 1 aromatic heterocycles. The van der Waals surface area contributed by atoms with E-state index in [1.54, 1.807) is 30.3 Å². The zero-order valence-electron chi connectivity index (χ0n) is 14.2. The Morgan fingerprint density at radius 2 is 1.93 bits per heavy atom. The number of hydrogen-bond acceptors (Lipinski definition) is 4. The van der Waals surface area contributed by atoms with Gasteiger partial charge in [0.15, 0.2) is 0 Å². The Morgan fingerprint density at radius 3 is 2.67 bits per heavy atom. The summed E-state index contributed by atoms with van der Waals surface area (Å²) >= 11 is 0. The number of aromatic nitrogens is 1. The van der Waals surface area contributed by atoms with E-state index in [1.165, 1.54) is 28.8 Å². The van der Waals surface area contributed by atoms with Crippen LogP contribution >= 0.6 is 0 Å². The van der Waals surface area contributed by atoms with Crippen LogP contribution in [0.3, 0.4) is 0 Å². The van der Waals surface area contributed by atoms with Crippen LogP contribution in [-0.4, -0.2) is 21.8 Å². The van der Waals surface area contributed by atoms with Crippen molar-refractivity contribution in [1.29, 1.82) is 0 Å². The second-order valence-corrected chi connectivity index (χ2v) is 5.67. The lowest BCUT2D eigenvalue weighted by molar-refractivity contribution is 0.0950. The van der Waals surface area contributed by atoms with Crippen molar-refractivity contribution in [3.05, 3.63) is 88.5 Å². The molecule has 0 aliphatic carbocycles. The number of carbonyl (C=O) groups is 1. The third-order valence-electron chi connectivity index (χ3n) is 3.96. The molecule has 136 valence electrons. The minimum Gasteiger partial charge on any atom is -0.506 e. The number of carbonyl (C=O) groups excluding carboxylic acids is 1.